The van der Waals surface area contributed by atoms with Crippen LogP contribution in [-0.2, 0) is 4.74 Å². The summed E-state index contributed by atoms with van der Waals surface area (Å²) in [6, 6.07) is 5.57. The van der Waals surface area contributed by atoms with Crippen LogP contribution >= 0.6 is 0 Å². The fourth-order valence-electron chi connectivity index (χ4n) is 1.86. The van der Waals surface area contributed by atoms with Crippen LogP contribution < -0.4 is 11.3 Å². The lowest BCUT2D eigenvalue weighted by atomic mass is 10.1. The van der Waals surface area contributed by atoms with Gasteiger partial charge in [0.2, 0.25) is 0 Å². The molecule has 0 unspecified atom stereocenters. The Morgan fingerprint density at radius 1 is 1.42 bits per heavy atom. The first-order valence-electron chi connectivity index (χ1n) is 6.58. The lowest BCUT2D eigenvalue weighted by molar-refractivity contribution is 0.0670. The third-order valence-electron chi connectivity index (χ3n) is 2.94. The van der Waals surface area contributed by atoms with Gasteiger partial charge in [-0.1, -0.05) is 6.07 Å². The average molecular weight is 265 g/mol. The maximum Gasteiger partial charge on any atom is 0.256 e. The highest BCUT2D eigenvalue weighted by molar-refractivity contribution is 5.99. The Bertz CT molecular complexity index is 421. The van der Waals surface area contributed by atoms with E-state index >= 15 is 0 Å². The number of rotatable bonds is 7. The van der Waals surface area contributed by atoms with Crippen LogP contribution in [0.2, 0.25) is 0 Å². The van der Waals surface area contributed by atoms with Crippen molar-refractivity contribution in [2.24, 2.45) is 5.84 Å². The number of hydrogen-bond donors (Lipinski definition) is 2. The Hall–Kier alpha value is -1.59. The maximum atomic E-state index is 12.4. The number of nitrogens with two attached hydrogens (primary N) is 1. The van der Waals surface area contributed by atoms with Crippen molar-refractivity contribution in [2.75, 3.05) is 31.7 Å². The number of nitrogen functional groups attached to an aromatic ring is 1. The molecule has 0 heterocycles. The molecule has 106 valence electrons. The number of benzene rings is 1. The second-order valence-electron chi connectivity index (χ2n) is 4.28. The Morgan fingerprint density at radius 2 is 2.16 bits per heavy atom. The van der Waals surface area contributed by atoms with Crippen molar-refractivity contribution in [3.63, 3.8) is 0 Å². The van der Waals surface area contributed by atoms with Crippen LogP contribution in [0.25, 0.3) is 0 Å². The molecule has 0 saturated carbocycles. The normalized spacial score (nSPS) is 10.3. The van der Waals surface area contributed by atoms with E-state index in [2.05, 4.69) is 5.43 Å². The highest BCUT2D eigenvalue weighted by atomic mass is 16.5. The molecule has 1 amide bonds. The topological polar surface area (TPSA) is 67.6 Å². The summed E-state index contributed by atoms with van der Waals surface area (Å²) in [5, 5.41) is 0. The summed E-state index contributed by atoms with van der Waals surface area (Å²) < 4.78 is 5.29. The van der Waals surface area contributed by atoms with Gasteiger partial charge < -0.3 is 15.1 Å². The van der Waals surface area contributed by atoms with Crippen LogP contribution in [0.3, 0.4) is 0 Å². The van der Waals surface area contributed by atoms with Crippen LogP contribution in [-0.4, -0.2) is 37.1 Å². The van der Waals surface area contributed by atoms with Gasteiger partial charge in [0, 0.05) is 19.7 Å². The molecule has 0 aromatic heterocycles. The smallest absolute Gasteiger partial charge is 0.256 e. The average Bonchev–Trinajstić information content (AvgIpc) is 2.43. The van der Waals surface area contributed by atoms with Crippen molar-refractivity contribution in [2.45, 2.75) is 20.8 Å². The van der Waals surface area contributed by atoms with E-state index in [0.29, 0.717) is 37.6 Å². The van der Waals surface area contributed by atoms with Crippen LogP contribution in [0.15, 0.2) is 18.2 Å². The number of nitrogens with one attached hydrogen (secondary N) is 1. The highest BCUT2D eigenvalue weighted by Gasteiger charge is 2.17. The molecular weight excluding hydrogens is 242 g/mol. The Kier molecular flexibility index (Phi) is 6.32. The van der Waals surface area contributed by atoms with Gasteiger partial charge in [0.05, 0.1) is 17.9 Å². The zero-order valence-corrected chi connectivity index (χ0v) is 11.9. The Morgan fingerprint density at radius 3 is 2.74 bits per heavy atom. The maximum absolute atomic E-state index is 12.4. The van der Waals surface area contributed by atoms with Crippen molar-refractivity contribution in [1.29, 1.82) is 0 Å². The van der Waals surface area contributed by atoms with Crippen LogP contribution in [0.5, 0.6) is 0 Å². The molecule has 0 fully saturated rings. The second kappa shape index (κ2) is 7.76. The summed E-state index contributed by atoms with van der Waals surface area (Å²) in [5.41, 5.74) is 4.88. The molecule has 0 spiro atoms. The van der Waals surface area contributed by atoms with E-state index in [0.717, 1.165) is 5.56 Å². The third-order valence-corrected chi connectivity index (χ3v) is 2.94. The van der Waals surface area contributed by atoms with Gasteiger partial charge in [-0.15, -0.1) is 0 Å². The molecule has 0 radical (unpaired) electrons. The lowest BCUT2D eigenvalue weighted by Crippen LogP contribution is -2.34. The second-order valence-corrected chi connectivity index (χ2v) is 4.28. The molecule has 3 N–H and O–H groups in total. The number of ether oxygens (including phenoxy) is 1. The van der Waals surface area contributed by atoms with Gasteiger partial charge in [0.15, 0.2) is 0 Å². The number of aryl methyl sites for hydroxylation is 1. The number of likely N-dealkylation sites (N-methyl/N-ethyl adjacent to an activating group) is 1. The number of carbonyl (C=O) groups excluding carboxylic acids is 1. The van der Waals surface area contributed by atoms with E-state index in [1.54, 1.807) is 11.0 Å². The Labute approximate surface area is 114 Å². The fourth-order valence-corrected chi connectivity index (χ4v) is 1.86. The summed E-state index contributed by atoms with van der Waals surface area (Å²) >= 11 is 0. The summed E-state index contributed by atoms with van der Waals surface area (Å²) in [5.74, 6) is 5.44. The minimum atomic E-state index is -0.0323. The molecule has 0 aliphatic rings. The SMILES string of the molecule is CCOCCN(CC)C(=O)c1ccc(C)cc1NN. The first-order chi connectivity index (χ1) is 9.13. The summed E-state index contributed by atoms with van der Waals surface area (Å²) in [6.45, 7) is 8.29. The molecule has 19 heavy (non-hydrogen) atoms. The molecule has 5 heteroatoms. The molecule has 1 aromatic carbocycles. The van der Waals surface area contributed by atoms with Gasteiger partial charge in [0.1, 0.15) is 0 Å². The minimum absolute atomic E-state index is 0.0323. The van der Waals surface area contributed by atoms with Gasteiger partial charge in [-0.2, -0.15) is 0 Å². The van der Waals surface area contributed by atoms with Gasteiger partial charge in [0.25, 0.3) is 5.91 Å². The standard InChI is InChI=1S/C14H23N3O2/c1-4-17(8-9-19-5-2)14(18)12-7-6-11(3)10-13(12)16-15/h6-7,10,16H,4-5,8-9,15H2,1-3H3. The quantitative estimate of drug-likeness (QED) is 0.448. The largest absolute Gasteiger partial charge is 0.380 e. The summed E-state index contributed by atoms with van der Waals surface area (Å²) in [7, 11) is 0. The molecule has 0 saturated heterocycles. The van der Waals surface area contributed by atoms with Crippen molar-refractivity contribution < 1.29 is 9.53 Å². The van der Waals surface area contributed by atoms with Crippen molar-refractivity contribution in [1.82, 2.24) is 4.90 Å². The Balaban J connectivity index is 2.84. The van der Waals surface area contributed by atoms with Crippen molar-refractivity contribution in [3.8, 4) is 0 Å². The number of nitrogens with zero attached hydrogens (tertiary/aromatic N) is 1. The summed E-state index contributed by atoms with van der Waals surface area (Å²) in [4.78, 5) is 14.2. The predicted octanol–water partition coefficient (Wildman–Crippen LogP) is 1.78. The molecule has 1 rings (SSSR count). The van der Waals surface area contributed by atoms with E-state index in [1.165, 1.54) is 0 Å². The zero-order valence-electron chi connectivity index (χ0n) is 11.9. The zero-order chi connectivity index (χ0) is 14.3. The minimum Gasteiger partial charge on any atom is -0.380 e. The third kappa shape index (κ3) is 4.22. The predicted molar refractivity (Wildman–Crippen MR) is 77.1 cm³/mol. The van der Waals surface area contributed by atoms with E-state index in [4.69, 9.17) is 10.6 Å². The first kappa shape index (κ1) is 15.5. The molecule has 0 aliphatic heterocycles. The fraction of sp³-hybridized carbons (Fsp3) is 0.500. The highest BCUT2D eigenvalue weighted by Crippen LogP contribution is 2.18. The van der Waals surface area contributed by atoms with Gasteiger partial charge in [-0.3, -0.25) is 10.6 Å². The number of hydrogen-bond acceptors (Lipinski definition) is 4. The summed E-state index contributed by atoms with van der Waals surface area (Å²) in [6.07, 6.45) is 0. The monoisotopic (exact) mass is 265 g/mol. The van der Waals surface area contributed by atoms with Crippen LogP contribution in [0.4, 0.5) is 5.69 Å². The van der Waals surface area contributed by atoms with E-state index in [-0.39, 0.29) is 5.91 Å². The molecule has 0 bridgehead atoms. The van der Waals surface area contributed by atoms with Crippen molar-refractivity contribution >= 4 is 11.6 Å². The number of anilines is 1. The molecular formula is C14H23N3O2. The van der Waals surface area contributed by atoms with Crippen LogP contribution in [0.1, 0.15) is 29.8 Å². The number of hydrazine groups is 1. The molecule has 5 nitrogen and oxygen atoms in total. The molecule has 0 aliphatic carbocycles. The first-order valence-corrected chi connectivity index (χ1v) is 6.58. The molecule has 1 aromatic rings. The number of amides is 1. The van der Waals surface area contributed by atoms with Crippen molar-refractivity contribution in [3.05, 3.63) is 29.3 Å². The van der Waals surface area contributed by atoms with E-state index in [9.17, 15) is 4.79 Å². The van der Waals surface area contributed by atoms with Gasteiger partial charge in [-0.05, 0) is 38.5 Å². The van der Waals surface area contributed by atoms with Gasteiger partial charge in [-0.25, -0.2) is 0 Å². The number of carbonyl (C=O) groups is 1. The van der Waals surface area contributed by atoms with Crippen LogP contribution in [0, 0.1) is 6.92 Å². The van der Waals surface area contributed by atoms with E-state index in [1.807, 2.05) is 32.9 Å². The van der Waals surface area contributed by atoms with E-state index < -0.39 is 0 Å². The molecule has 0 atom stereocenters. The lowest BCUT2D eigenvalue weighted by Gasteiger charge is -2.22. The van der Waals surface area contributed by atoms with Gasteiger partial charge >= 0.3 is 0 Å².